The zero-order valence-corrected chi connectivity index (χ0v) is 17.7. The van der Waals surface area contributed by atoms with Crippen molar-refractivity contribution in [1.29, 1.82) is 0 Å². The normalized spacial score (nSPS) is 10.8. The third-order valence-electron chi connectivity index (χ3n) is 5.00. The van der Waals surface area contributed by atoms with Crippen LogP contribution in [0.4, 0.5) is 5.69 Å². The van der Waals surface area contributed by atoms with Crippen LogP contribution >= 0.6 is 0 Å². The maximum Gasteiger partial charge on any atom is 0.224 e. The zero-order valence-electron chi connectivity index (χ0n) is 17.7. The summed E-state index contributed by atoms with van der Waals surface area (Å²) in [6, 6.07) is 19.4. The van der Waals surface area contributed by atoms with Crippen molar-refractivity contribution in [2.75, 3.05) is 12.4 Å². The summed E-state index contributed by atoms with van der Waals surface area (Å²) in [5.74, 6) is 1.11. The van der Waals surface area contributed by atoms with Gasteiger partial charge in [-0.25, -0.2) is 4.98 Å². The molecule has 6 nitrogen and oxygen atoms in total. The lowest BCUT2D eigenvalue weighted by Gasteiger charge is -2.12. The summed E-state index contributed by atoms with van der Waals surface area (Å²) in [5, 5.41) is 2.94. The Balaban J connectivity index is 1.39. The lowest BCUT2D eigenvalue weighted by molar-refractivity contribution is -0.116. The Labute approximate surface area is 181 Å². The fourth-order valence-electron chi connectivity index (χ4n) is 3.31. The second kappa shape index (κ2) is 9.34. The lowest BCUT2D eigenvalue weighted by atomic mass is 10.1. The van der Waals surface area contributed by atoms with E-state index in [2.05, 4.69) is 41.5 Å². The van der Waals surface area contributed by atoms with Crippen LogP contribution in [0.1, 0.15) is 23.2 Å². The van der Waals surface area contributed by atoms with Crippen LogP contribution in [0, 0.1) is 6.92 Å². The number of carbonyl (C=O) groups excluding carboxylic acids is 1. The minimum Gasteiger partial charge on any atom is -0.493 e. The van der Waals surface area contributed by atoms with Gasteiger partial charge in [0.15, 0.2) is 11.5 Å². The van der Waals surface area contributed by atoms with Crippen LogP contribution < -0.4 is 14.8 Å². The van der Waals surface area contributed by atoms with Gasteiger partial charge in [-0.05, 0) is 43.2 Å². The fourth-order valence-corrected chi connectivity index (χ4v) is 3.31. The molecule has 4 aromatic rings. The van der Waals surface area contributed by atoms with E-state index in [1.165, 1.54) is 5.56 Å². The average Bonchev–Trinajstić information content (AvgIpc) is 3.20. The van der Waals surface area contributed by atoms with Gasteiger partial charge in [-0.15, -0.1) is 0 Å². The number of hydrogen-bond acceptors (Lipinski definition) is 4. The van der Waals surface area contributed by atoms with E-state index in [-0.39, 0.29) is 5.91 Å². The molecule has 0 fully saturated rings. The fraction of sp³-hybridized carbons (Fsp3) is 0.200. The van der Waals surface area contributed by atoms with Gasteiger partial charge >= 0.3 is 0 Å². The molecule has 6 heteroatoms. The van der Waals surface area contributed by atoms with E-state index in [1.54, 1.807) is 25.3 Å². The molecule has 0 radical (unpaired) electrons. The van der Waals surface area contributed by atoms with Gasteiger partial charge in [0, 0.05) is 30.6 Å². The molecule has 2 aromatic carbocycles. The molecule has 1 N–H and O–H groups in total. The summed E-state index contributed by atoms with van der Waals surface area (Å²) in [7, 11) is 1.59. The SMILES string of the molecule is COc1ccc(NC(=O)CCc2ccc(C)cc2)cc1OCc1cn2ccccc2n1. The highest BCUT2D eigenvalue weighted by Crippen LogP contribution is 2.31. The molecule has 0 atom stereocenters. The van der Waals surface area contributed by atoms with Gasteiger partial charge in [-0.3, -0.25) is 4.79 Å². The number of methoxy groups -OCH3 is 1. The van der Waals surface area contributed by atoms with Crippen molar-refractivity contribution >= 4 is 17.2 Å². The molecular weight excluding hydrogens is 390 g/mol. The number of benzene rings is 2. The summed E-state index contributed by atoms with van der Waals surface area (Å²) < 4.78 is 13.3. The molecule has 0 unspecified atom stereocenters. The largest absolute Gasteiger partial charge is 0.493 e. The van der Waals surface area contributed by atoms with Gasteiger partial charge in [-0.2, -0.15) is 0 Å². The number of fused-ring (bicyclic) bond motifs is 1. The van der Waals surface area contributed by atoms with Gasteiger partial charge in [0.2, 0.25) is 5.91 Å². The summed E-state index contributed by atoms with van der Waals surface area (Å²) in [5.41, 5.74) is 4.69. The third-order valence-corrected chi connectivity index (χ3v) is 5.00. The number of anilines is 1. The highest BCUT2D eigenvalue weighted by molar-refractivity contribution is 5.91. The quantitative estimate of drug-likeness (QED) is 0.449. The number of rotatable bonds is 8. The van der Waals surface area contributed by atoms with Crippen LogP contribution in [0.5, 0.6) is 11.5 Å². The molecule has 1 amide bonds. The van der Waals surface area contributed by atoms with Crippen LogP contribution in [-0.4, -0.2) is 22.4 Å². The molecule has 0 spiro atoms. The first-order chi connectivity index (χ1) is 15.1. The van der Waals surface area contributed by atoms with Crippen molar-refractivity contribution in [2.45, 2.75) is 26.4 Å². The number of carbonyl (C=O) groups is 1. The second-order valence-electron chi connectivity index (χ2n) is 7.39. The van der Waals surface area contributed by atoms with Crippen LogP contribution in [0.15, 0.2) is 73.1 Å². The third kappa shape index (κ3) is 5.22. The Morgan fingerprint density at radius 3 is 2.68 bits per heavy atom. The Morgan fingerprint density at radius 2 is 1.90 bits per heavy atom. The number of pyridine rings is 1. The number of aromatic nitrogens is 2. The minimum atomic E-state index is -0.0444. The number of ether oxygens (including phenoxy) is 2. The van der Waals surface area contributed by atoms with E-state index in [1.807, 2.05) is 35.0 Å². The Morgan fingerprint density at radius 1 is 1.06 bits per heavy atom. The smallest absolute Gasteiger partial charge is 0.224 e. The number of nitrogens with one attached hydrogen (secondary N) is 1. The van der Waals surface area contributed by atoms with Crippen molar-refractivity contribution in [3.05, 3.63) is 89.9 Å². The molecule has 0 saturated carbocycles. The van der Waals surface area contributed by atoms with Crippen molar-refractivity contribution in [3.63, 3.8) is 0 Å². The number of amides is 1. The summed E-state index contributed by atoms with van der Waals surface area (Å²) >= 11 is 0. The van der Waals surface area contributed by atoms with Crippen molar-refractivity contribution in [2.24, 2.45) is 0 Å². The van der Waals surface area contributed by atoms with Gasteiger partial charge in [-0.1, -0.05) is 35.9 Å². The number of hydrogen-bond donors (Lipinski definition) is 1. The predicted molar refractivity (Wildman–Crippen MR) is 121 cm³/mol. The molecule has 2 aromatic heterocycles. The van der Waals surface area contributed by atoms with Crippen molar-refractivity contribution < 1.29 is 14.3 Å². The monoisotopic (exact) mass is 415 g/mol. The van der Waals surface area contributed by atoms with E-state index in [4.69, 9.17) is 9.47 Å². The number of aryl methyl sites for hydroxylation is 2. The van der Waals surface area contributed by atoms with E-state index in [0.717, 1.165) is 16.9 Å². The second-order valence-corrected chi connectivity index (χ2v) is 7.39. The standard InChI is InChI=1S/C25H25N3O3/c1-18-6-8-19(9-7-18)10-13-25(29)27-20-11-12-22(30-2)23(15-20)31-17-21-16-28-14-4-3-5-24(28)26-21/h3-9,11-12,14-16H,10,13,17H2,1-2H3,(H,27,29). The number of nitrogens with zero attached hydrogens (tertiary/aromatic N) is 2. The van der Waals surface area contributed by atoms with E-state index in [0.29, 0.717) is 36.6 Å². The molecule has 158 valence electrons. The van der Waals surface area contributed by atoms with Crippen LogP contribution in [0.2, 0.25) is 0 Å². The molecule has 2 heterocycles. The summed E-state index contributed by atoms with van der Waals surface area (Å²) in [6.07, 6.45) is 4.98. The number of imidazole rings is 1. The maximum atomic E-state index is 12.4. The zero-order chi connectivity index (χ0) is 21.6. The molecule has 0 aliphatic heterocycles. The van der Waals surface area contributed by atoms with Crippen LogP contribution in [0.3, 0.4) is 0 Å². The molecular formula is C25H25N3O3. The molecule has 0 aliphatic carbocycles. The first kappa shape index (κ1) is 20.5. The highest BCUT2D eigenvalue weighted by Gasteiger charge is 2.10. The molecule has 31 heavy (non-hydrogen) atoms. The van der Waals surface area contributed by atoms with Crippen LogP contribution in [0.25, 0.3) is 5.65 Å². The summed E-state index contributed by atoms with van der Waals surface area (Å²) in [4.78, 5) is 16.9. The predicted octanol–water partition coefficient (Wildman–Crippen LogP) is 4.80. The van der Waals surface area contributed by atoms with E-state index in [9.17, 15) is 4.79 Å². The first-order valence-corrected chi connectivity index (χ1v) is 10.2. The molecule has 0 saturated heterocycles. The first-order valence-electron chi connectivity index (χ1n) is 10.2. The minimum absolute atomic E-state index is 0.0444. The van der Waals surface area contributed by atoms with E-state index < -0.39 is 0 Å². The topological polar surface area (TPSA) is 64.9 Å². The maximum absolute atomic E-state index is 12.4. The van der Waals surface area contributed by atoms with Gasteiger partial charge in [0.25, 0.3) is 0 Å². The summed E-state index contributed by atoms with van der Waals surface area (Å²) in [6.45, 7) is 2.34. The van der Waals surface area contributed by atoms with Crippen molar-refractivity contribution in [1.82, 2.24) is 9.38 Å². The van der Waals surface area contributed by atoms with Crippen LogP contribution in [-0.2, 0) is 17.8 Å². The molecule has 0 aliphatic rings. The molecule has 4 rings (SSSR count). The average molecular weight is 415 g/mol. The Bertz CT molecular complexity index is 1150. The van der Waals surface area contributed by atoms with Gasteiger partial charge < -0.3 is 19.2 Å². The highest BCUT2D eigenvalue weighted by atomic mass is 16.5. The lowest BCUT2D eigenvalue weighted by Crippen LogP contribution is -2.12. The van der Waals surface area contributed by atoms with Gasteiger partial charge in [0.1, 0.15) is 12.3 Å². The molecule has 0 bridgehead atoms. The van der Waals surface area contributed by atoms with Crippen molar-refractivity contribution in [3.8, 4) is 11.5 Å². The van der Waals surface area contributed by atoms with Gasteiger partial charge in [0.05, 0.1) is 12.8 Å². The van der Waals surface area contributed by atoms with E-state index >= 15 is 0 Å². The Hall–Kier alpha value is -3.80. The Kier molecular flexibility index (Phi) is 6.17.